The molecular formula is C17H10F3NO6. The van der Waals surface area contributed by atoms with Gasteiger partial charge in [0, 0.05) is 0 Å². The molecule has 27 heavy (non-hydrogen) atoms. The summed E-state index contributed by atoms with van der Waals surface area (Å²) in [5.41, 5.74) is -0.797. The molecule has 1 aliphatic heterocycles. The minimum absolute atomic E-state index is 0.190. The van der Waals surface area contributed by atoms with E-state index in [1.54, 1.807) is 0 Å². The first-order valence-corrected chi connectivity index (χ1v) is 7.16. The number of carboxylic acid groups (broad SMARTS) is 2. The molecule has 7 nitrogen and oxygen atoms in total. The van der Waals surface area contributed by atoms with Gasteiger partial charge in [-0.15, -0.1) is 13.2 Å². The van der Waals surface area contributed by atoms with Crippen LogP contribution in [0.3, 0.4) is 0 Å². The van der Waals surface area contributed by atoms with Gasteiger partial charge >= 0.3 is 18.2 Å². The average Bonchev–Trinajstić information content (AvgIpc) is 2.86. The molecule has 0 spiro atoms. The number of alkyl halides is 3. The third-order valence-electron chi connectivity index (χ3n) is 3.44. The standard InChI is InChI=1S/C9H4F3NO2.C8H6O4/c10-9(11,12)13-7(14)5-3-1-2-4-6(5)8(13)15;9-7(10)5-3-1-2-4-6(5)8(11)12/h1-4H;1-4H,(H,9,10)(H,11,12). The molecule has 0 saturated carbocycles. The predicted octanol–water partition coefficient (Wildman–Crippen LogP) is 2.89. The van der Waals surface area contributed by atoms with Crippen LogP contribution in [0, 0.1) is 0 Å². The van der Waals surface area contributed by atoms with Crippen LogP contribution in [0.25, 0.3) is 0 Å². The number of imide groups is 1. The molecule has 0 aromatic heterocycles. The van der Waals surface area contributed by atoms with E-state index >= 15 is 0 Å². The van der Waals surface area contributed by atoms with Crippen molar-refractivity contribution in [2.45, 2.75) is 6.30 Å². The summed E-state index contributed by atoms with van der Waals surface area (Å²) in [6.45, 7) is 0. The molecule has 0 bridgehead atoms. The summed E-state index contributed by atoms with van der Waals surface area (Å²) in [7, 11) is 0. The molecule has 2 aromatic carbocycles. The fourth-order valence-corrected chi connectivity index (χ4v) is 2.28. The number of hydrogen-bond donors (Lipinski definition) is 2. The first-order valence-electron chi connectivity index (χ1n) is 7.16. The summed E-state index contributed by atoms with van der Waals surface area (Å²) in [6.07, 6.45) is -4.97. The zero-order valence-corrected chi connectivity index (χ0v) is 13.2. The lowest BCUT2D eigenvalue weighted by Crippen LogP contribution is -2.42. The fourth-order valence-electron chi connectivity index (χ4n) is 2.28. The topological polar surface area (TPSA) is 112 Å². The Morgan fingerprint density at radius 2 is 1.07 bits per heavy atom. The van der Waals surface area contributed by atoms with E-state index in [-0.39, 0.29) is 22.3 Å². The van der Waals surface area contributed by atoms with E-state index in [1.165, 1.54) is 48.5 Å². The maximum Gasteiger partial charge on any atom is 0.494 e. The van der Waals surface area contributed by atoms with Gasteiger partial charge in [0.15, 0.2) is 0 Å². The van der Waals surface area contributed by atoms with Crippen LogP contribution >= 0.6 is 0 Å². The van der Waals surface area contributed by atoms with Crippen molar-refractivity contribution in [2.24, 2.45) is 0 Å². The van der Waals surface area contributed by atoms with Crippen molar-refractivity contribution in [3.8, 4) is 0 Å². The summed E-state index contributed by atoms with van der Waals surface area (Å²) in [4.78, 5) is 42.7. The second-order valence-electron chi connectivity index (χ2n) is 5.12. The van der Waals surface area contributed by atoms with E-state index in [0.29, 0.717) is 0 Å². The molecule has 0 aliphatic carbocycles. The van der Waals surface area contributed by atoms with Crippen LogP contribution in [0.4, 0.5) is 13.2 Å². The molecule has 0 atom stereocenters. The molecule has 2 N–H and O–H groups in total. The van der Waals surface area contributed by atoms with Gasteiger partial charge < -0.3 is 10.2 Å². The Morgan fingerprint density at radius 1 is 0.741 bits per heavy atom. The number of amides is 2. The number of carbonyl (C=O) groups is 4. The van der Waals surface area contributed by atoms with Gasteiger partial charge in [0.25, 0.3) is 11.8 Å². The lowest BCUT2D eigenvalue weighted by atomic mass is 10.1. The number of carbonyl (C=O) groups excluding carboxylic acids is 2. The molecule has 10 heteroatoms. The van der Waals surface area contributed by atoms with Crippen LogP contribution in [0.2, 0.25) is 0 Å². The Labute approximate surface area is 149 Å². The Balaban J connectivity index is 0.000000199. The van der Waals surface area contributed by atoms with Crippen molar-refractivity contribution >= 4 is 23.8 Å². The number of carboxylic acids is 2. The largest absolute Gasteiger partial charge is 0.494 e. The molecule has 0 saturated heterocycles. The number of nitrogens with zero attached hydrogens (tertiary/aromatic N) is 1. The van der Waals surface area contributed by atoms with Crippen LogP contribution in [0.1, 0.15) is 41.4 Å². The Kier molecular flexibility index (Phi) is 5.29. The smallest absolute Gasteiger partial charge is 0.478 e. The minimum Gasteiger partial charge on any atom is -0.478 e. The van der Waals surface area contributed by atoms with Crippen molar-refractivity contribution < 1.29 is 42.6 Å². The summed E-state index contributed by atoms with van der Waals surface area (Å²) < 4.78 is 36.9. The summed E-state index contributed by atoms with van der Waals surface area (Å²) >= 11 is 0. The second kappa shape index (κ2) is 7.28. The Bertz CT molecular complexity index is 870. The highest BCUT2D eigenvalue weighted by Gasteiger charge is 2.51. The van der Waals surface area contributed by atoms with E-state index < -0.39 is 35.0 Å². The summed E-state index contributed by atoms with van der Waals surface area (Å²) in [5.74, 6) is -5.09. The molecule has 0 fully saturated rings. The van der Waals surface area contributed by atoms with Crippen molar-refractivity contribution in [1.29, 1.82) is 0 Å². The number of aromatic carboxylic acids is 2. The molecule has 1 heterocycles. The van der Waals surface area contributed by atoms with Crippen LogP contribution in [0.5, 0.6) is 0 Å². The van der Waals surface area contributed by atoms with E-state index in [9.17, 15) is 32.3 Å². The third kappa shape index (κ3) is 3.94. The SMILES string of the molecule is O=C(O)c1ccccc1C(=O)O.O=C1c2ccccc2C(=O)N1C(F)(F)F. The van der Waals surface area contributed by atoms with Crippen LogP contribution in [0.15, 0.2) is 48.5 Å². The van der Waals surface area contributed by atoms with E-state index in [1.807, 2.05) is 0 Å². The summed E-state index contributed by atoms with van der Waals surface area (Å²) in [6, 6.07) is 10.7. The quantitative estimate of drug-likeness (QED) is 0.611. The molecule has 1 aliphatic rings. The molecule has 2 amide bonds. The number of hydrogen-bond acceptors (Lipinski definition) is 4. The molecule has 0 unspecified atom stereocenters. The molecule has 0 radical (unpaired) electrons. The van der Waals surface area contributed by atoms with Crippen LogP contribution in [-0.2, 0) is 0 Å². The minimum atomic E-state index is -4.97. The first-order chi connectivity index (χ1) is 12.6. The normalized spacial score (nSPS) is 12.9. The highest BCUT2D eigenvalue weighted by molar-refractivity contribution is 6.21. The van der Waals surface area contributed by atoms with Crippen LogP contribution in [-0.4, -0.2) is 45.2 Å². The number of halogens is 3. The summed E-state index contributed by atoms with van der Waals surface area (Å²) in [5, 5.41) is 17.1. The third-order valence-corrected chi connectivity index (χ3v) is 3.44. The molecule has 3 rings (SSSR count). The van der Waals surface area contributed by atoms with Gasteiger partial charge in [-0.3, -0.25) is 9.59 Å². The van der Waals surface area contributed by atoms with Crippen LogP contribution < -0.4 is 0 Å². The van der Waals surface area contributed by atoms with Gasteiger partial charge in [-0.2, -0.15) is 4.90 Å². The van der Waals surface area contributed by atoms with Crippen molar-refractivity contribution in [1.82, 2.24) is 4.90 Å². The number of rotatable bonds is 2. The lowest BCUT2D eigenvalue weighted by Gasteiger charge is -2.16. The molecule has 2 aromatic rings. The maximum absolute atomic E-state index is 12.3. The first kappa shape index (κ1) is 19.6. The highest BCUT2D eigenvalue weighted by Crippen LogP contribution is 2.32. The van der Waals surface area contributed by atoms with Gasteiger partial charge in [0.2, 0.25) is 0 Å². The fraction of sp³-hybridized carbons (Fsp3) is 0.0588. The highest BCUT2D eigenvalue weighted by atomic mass is 19.4. The average molecular weight is 381 g/mol. The van der Waals surface area contributed by atoms with Crippen molar-refractivity contribution in [3.05, 3.63) is 70.8 Å². The number of benzene rings is 2. The van der Waals surface area contributed by atoms with Gasteiger partial charge in [-0.05, 0) is 24.3 Å². The molecular weight excluding hydrogens is 371 g/mol. The molecule has 140 valence electrons. The number of fused-ring (bicyclic) bond motifs is 1. The van der Waals surface area contributed by atoms with E-state index in [4.69, 9.17) is 10.2 Å². The second-order valence-corrected chi connectivity index (χ2v) is 5.12. The van der Waals surface area contributed by atoms with E-state index in [0.717, 1.165) is 0 Å². The van der Waals surface area contributed by atoms with Crippen molar-refractivity contribution in [2.75, 3.05) is 0 Å². The Hall–Kier alpha value is -3.69. The predicted molar refractivity (Wildman–Crippen MR) is 83.4 cm³/mol. The van der Waals surface area contributed by atoms with Gasteiger partial charge in [0.1, 0.15) is 0 Å². The maximum atomic E-state index is 12.3. The van der Waals surface area contributed by atoms with Crippen molar-refractivity contribution in [3.63, 3.8) is 0 Å². The zero-order chi connectivity index (χ0) is 20.4. The van der Waals surface area contributed by atoms with E-state index in [2.05, 4.69) is 0 Å². The Morgan fingerprint density at radius 3 is 1.37 bits per heavy atom. The monoisotopic (exact) mass is 381 g/mol. The lowest BCUT2D eigenvalue weighted by molar-refractivity contribution is -0.205. The zero-order valence-electron chi connectivity index (χ0n) is 13.2. The van der Waals surface area contributed by atoms with Gasteiger partial charge in [0.05, 0.1) is 22.3 Å². The van der Waals surface area contributed by atoms with Gasteiger partial charge in [-0.1, -0.05) is 24.3 Å². The van der Waals surface area contributed by atoms with Gasteiger partial charge in [-0.25, -0.2) is 9.59 Å².